The summed E-state index contributed by atoms with van der Waals surface area (Å²) in [7, 11) is 0. The first-order valence-electron chi connectivity index (χ1n) is 8.44. The van der Waals surface area contributed by atoms with Crippen molar-refractivity contribution in [3.05, 3.63) is 22.4 Å². The Morgan fingerprint density at radius 1 is 1.24 bits per heavy atom. The standard InChI is InChI=1S/C17H28N2OS/c1-13(14-8-11-21-12-14)18-15-6-9-19(10-7-15)16-4-2-3-5-17(16)20/h8,11-13,15-18,20H,2-7,9-10H2,1H3/t13-,16+,17-/m0/s1. The van der Waals surface area contributed by atoms with Crippen LogP contribution in [0.5, 0.6) is 0 Å². The number of piperidine rings is 1. The van der Waals surface area contributed by atoms with Gasteiger partial charge in [-0.15, -0.1) is 0 Å². The molecule has 2 N–H and O–H groups in total. The fraction of sp³-hybridized carbons (Fsp3) is 0.765. The van der Waals surface area contributed by atoms with E-state index in [1.54, 1.807) is 11.3 Å². The summed E-state index contributed by atoms with van der Waals surface area (Å²) in [5.74, 6) is 0. The lowest BCUT2D eigenvalue weighted by atomic mass is 9.89. The van der Waals surface area contributed by atoms with Crippen molar-refractivity contribution in [3.8, 4) is 0 Å². The van der Waals surface area contributed by atoms with Gasteiger partial charge in [-0.1, -0.05) is 12.8 Å². The van der Waals surface area contributed by atoms with E-state index in [1.807, 2.05) is 0 Å². The highest BCUT2D eigenvalue weighted by molar-refractivity contribution is 7.07. The Morgan fingerprint density at radius 3 is 2.67 bits per heavy atom. The van der Waals surface area contributed by atoms with E-state index >= 15 is 0 Å². The average molecular weight is 308 g/mol. The summed E-state index contributed by atoms with van der Waals surface area (Å²) in [5, 5.41) is 18.4. The molecule has 0 bridgehead atoms. The highest BCUT2D eigenvalue weighted by Gasteiger charge is 2.31. The van der Waals surface area contributed by atoms with Crippen LogP contribution in [-0.4, -0.2) is 41.3 Å². The maximum atomic E-state index is 10.2. The summed E-state index contributed by atoms with van der Waals surface area (Å²) in [6.07, 6.45) is 6.99. The van der Waals surface area contributed by atoms with E-state index in [9.17, 15) is 5.11 Å². The van der Waals surface area contributed by atoms with Crippen LogP contribution in [0, 0.1) is 0 Å². The second kappa shape index (κ2) is 7.23. The summed E-state index contributed by atoms with van der Waals surface area (Å²) in [4.78, 5) is 2.54. The van der Waals surface area contributed by atoms with Crippen molar-refractivity contribution in [2.24, 2.45) is 0 Å². The molecule has 1 aliphatic carbocycles. The number of thiophene rings is 1. The van der Waals surface area contributed by atoms with Gasteiger partial charge in [-0.05, 0) is 55.0 Å². The predicted molar refractivity (Wildman–Crippen MR) is 88.7 cm³/mol. The topological polar surface area (TPSA) is 35.5 Å². The molecule has 4 heteroatoms. The van der Waals surface area contributed by atoms with E-state index in [4.69, 9.17) is 0 Å². The molecule has 21 heavy (non-hydrogen) atoms. The second-order valence-corrected chi connectivity index (χ2v) is 7.45. The van der Waals surface area contributed by atoms with E-state index in [2.05, 4.69) is 34.0 Å². The minimum absolute atomic E-state index is 0.0898. The summed E-state index contributed by atoms with van der Waals surface area (Å²) in [6.45, 7) is 4.53. The van der Waals surface area contributed by atoms with Crippen LogP contribution in [0.4, 0.5) is 0 Å². The van der Waals surface area contributed by atoms with Gasteiger partial charge in [-0.3, -0.25) is 4.90 Å². The number of aliphatic hydroxyl groups excluding tert-OH is 1. The van der Waals surface area contributed by atoms with Crippen LogP contribution in [0.2, 0.25) is 0 Å². The van der Waals surface area contributed by atoms with Crippen LogP contribution in [0.15, 0.2) is 16.8 Å². The largest absolute Gasteiger partial charge is 0.391 e. The van der Waals surface area contributed by atoms with Crippen LogP contribution >= 0.6 is 11.3 Å². The van der Waals surface area contributed by atoms with E-state index in [0.29, 0.717) is 18.1 Å². The number of likely N-dealkylation sites (tertiary alicyclic amines) is 1. The molecule has 2 fully saturated rings. The summed E-state index contributed by atoms with van der Waals surface area (Å²) >= 11 is 1.77. The SMILES string of the molecule is C[C@H](NC1CCN([C@@H]2CCCC[C@@H]2O)CC1)c1ccsc1. The Kier molecular flexibility index (Phi) is 5.33. The van der Waals surface area contributed by atoms with E-state index in [1.165, 1.54) is 37.7 Å². The molecule has 118 valence electrons. The van der Waals surface area contributed by atoms with Gasteiger partial charge in [0.2, 0.25) is 0 Å². The molecule has 0 unspecified atom stereocenters. The monoisotopic (exact) mass is 308 g/mol. The molecule has 1 aromatic heterocycles. The highest BCUT2D eigenvalue weighted by atomic mass is 32.1. The van der Waals surface area contributed by atoms with Gasteiger partial charge in [-0.25, -0.2) is 0 Å². The molecule has 3 rings (SSSR count). The second-order valence-electron chi connectivity index (χ2n) is 6.67. The molecule has 0 spiro atoms. The lowest BCUT2D eigenvalue weighted by molar-refractivity contribution is 0.00671. The molecule has 0 aromatic carbocycles. The van der Waals surface area contributed by atoms with Crippen molar-refractivity contribution in [2.45, 2.75) is 69.7 Å². The van der Waals surface area contributed by atoms with Gasteiger partial charge >= 0.3 is 0 Å². The fourth-order valence-corrected chi connectivity index (χ4v) is 4.64. The number of aliphatic hydroxyl groups is 1. The lowest BCUT2D eigenvalue weighted by Gasteiger charge is -2.42. The third kappa shape index (κ3) is 3.86. The smallest absolute Gasteiger partial charge is 0.0695 e. The maximum Gasteiger partial charge on any atom is 0.0695 e. The van der Waals surface area contributed by atoms with Crippen molar-refractivity contribution in [1.29, 1.82) is 0 Å². The zero-order chi connectivity index (χ0) is 14.7. The van der Waals surface area contributed by atoms with Crippen molar-refractivity contribution in [2.75, 3.05) is 13.1 Å². The minimum atomic E-state index is -0.0898. The molecular weight excluding hydrogens is 280 g/mol. The Balaban J connectivity index is 1.46. The van der Waals surface area contributed by atoms with Crippen molar-refractivity contribution < 1.29 is 5.11 Å². The normalized spacial score (nSPS) is 30.4. The Morgan fingerprint density at radius 2 is 2.00 bits per heavy atom. The zero-order valence-electron chi connectivity index (χ0n) is 13.0. The third-order valence-electron chi connectivity index (χ3n) is 5.22. The molecule has 2 heterocycles. The molecule has 1 aliphatic heterocycles. The number of hydrogen-bond acceptors (Lipinski definition) is 4. The van der Waals surface area contributed by atoms with Gasteiger partial charge < -0.3 is 10.4 Å². The number of hydrogen-bond donors (Lipinski definition) is 2. The van der Waals surface area contributed by atoms with E-state index in [-0.39, 0.29) is 6.10 Å². The zero-order valence-corrected chi connectivity index (χ0v) is 13.8. The molecule has 1 saturated carbocycles. The van der Waals surface area contributed by atoms with Gasteiger partial charge in [0.1, 0.15) is 0 Å². The number of nitrogens with zero attached hydrogens (tertiary/aromatic N) is 1. The quantitative estimate of drug-likeness (QED) is 0.897. The highest BCUT2D eigenvalue weighted by Crippen LogP contribution is 2.26. The van der Waals surface area contributed by atoms with Crippen LogP contribution in [0.1, 0.15) is 57.1 Å². The molecule has 2 aliphatic rings. The van der Waals surface area contributed by atoms with E-state index < -0.39 is 0 Å². The van der Waals surface area contributed by atoms with Gasteiger partial charge in [0.25, 0.3) is 0 Å². The van der Waals surface area contributed by atoms with Crippen LogP contribution in [-0.2, 0) is 0 Å². The van der Waals surface area contributed by atoms with Gasteiger partial charge in [0.05, 0.1) is 6.10 Å². The Labute approximate surface area is 132 Å². The average Bonchev–Trinajstić information content (AvgIpc) is 3.03. The van der Waals surface area contributed by atoms with Crippen molar-refractivity contribution in [1.82, 2.24) is 10.2 Å². The van der Waals surface area contributed by atoms with Gasteiger partial charge in [0.15, 0.2) is 0 Å². The first kappa shape index (κ1) is 15.5. The molecule has 3 nitrogen and oxygen atoms in total. The molecule has 0 amide bonds. The summed E-state index contributed by atoms with van der Waals surface area (Å²) in [6, 6.07) is 3.72. The molecule has 0 radical (unpaired) electrons. The Bertz CT molecular complexity index is 414. The fourth-order valence-electron chi connectivity index (χ4n) is 3.89. The minimum Gasteiger partial charge on any atom is -0.391 e. The summed E-state index contributed by atoms with van der Waals surface area (Å²) < 4.78 is 0. The molecular formula is C17H28N2OS. The first-order valence-corrected chi connectivity index (χ1v) is 9.38. The molecule has 1 saturated heterocycles. The predicted octanol–water partition coefficient (Wildman–Crippen LogP) is 3.17. The molecule has 3 atom stereocenters. The Hall–Kier alpha value is -0.420. The van der Waals surface area contributed by atoms with Crippen LogP contribution in [0.25, 0.3) is 0 Å². The van der Waals surface area contributed by atoms with Crippen LogP contribution < -0.4 is 5.32 Å². The summed E-state index contributed by atoms with van der Waals surface area (Å²) in [5.41, 5.74) is 1.41. The van der Waals surface area contributed by atoms with Crippen molar-refractivity contribution >= 4 is 11.3 Å². The third-order valence-corrected chi connectivity index (χ3v) is 5.92. The number of nitrogens with one attached hydrogen (secondary N) is 1. The number of rotatable bonds is 4. The van der Waals surface area contributed by atoms with Gasteiger partial charge in [-0.2, -0.15) is 11.3 Å². The first-order chi connectivity index (χ1) is 10.2. The van der Waals surface area contributed by atoms with Crippen LogP contribution in [0.3, 0.4) is 0 Å². The van der Waals surface area contributed by atoms with Crippen molar-refractivity contribution in [3.63, 3.8) is 0 Å². The lowest BCUT2D eigenvalue weighted by Crippen LogP contribution is -2.51. The van der Waals surface area contributed by atoms with Gasteiger partial charge in [0, 0.05) is 31.2 Å². The maximum absolute atomic E-state index is 10.2. The van der Waals surface area contributed by atoms with E-state index in [0.717, 1.165) is 19.5 Å². The molecule has 1 aromatic rings.